The molecule has 0 radical (unpaired) electrons. The topological polar surface area (TPSA) is 67.8 Å². The summed E-state index contributed by atoms with van der Waals surface area (Å²) in [6.45, 7) is 4.31. The fraction of sp³-hybridized carbons (Fsp3) is 0.250. The van der Waals surface area contributed by atoms with Gasteiger partial charge in [0.15, 0.2) is 0 Å². The molecule has 0 amide bonds. The highest BCUT2D eigenvalue weighted by Crippen LogP contribution is 2.30. The van der Waals surface area contributed by atoms with Crippen molar-refractivity contribution in [3.8, 4) is 5.75 Å². The number of nitrogens with zero attached hydrogens (tertiary/aromatic N) is 1. The predicted octanol–water partition coefficient (Wildman–Crippen LogP) is 3.52. The van der Waals surface area contributed by atoms with Crippen LogP contribution in [0, 0.1) is 0 Å². The number of hydrogen-bond donors (Lipinski definition) is 1. The maximum atomic E-state index is 12.6. The van der Waals surface area contributed by atoms with Gasteiger partial charge in [-0.25, -0.2) is 8.42 Å². The first kappa shape index (κ1) is 18.2. The number of aryl methyl sites for hydroxylation is 1. The summed E-state index contributed by atoms with van der Waals surface area (Å²) in [5, 5.41) is 0. The van der Waals surface area contributed by atoms with Gasteiger partial charge in [-0.15, -0.1) is 0 Å². The zero-order valence-corrected chi connectivity index (χ0v) is 15.9. The van der Waals surface area contributed by atoms with Gasteiger partial charge >= 0.3 is 0 Å². The van der Waals surface area contributed by atoms with Gasteiger partial charge in [0, 0.05) is 5.57 Å². The van der Waals surface area contributed by atoms with Gasteiger partial charge in [-0.3, -0.25) is 9.71 Å². The lowest BCUT2D eigenvalue weighted by Crippen LogP contribution is -2.23. The van der Waals surface area contributed by atoms with E-state index in [4.69, 9.17) is 4.74 Å². The Morgan fingerprint density at radius 3 is 2.19 bits per heavy atom. The van der Waals surface area contributed by atoms with Crippen LogP contribution >= 0.6 is 0 Å². The van der Waals surface area contributed by atoms with Gasteiger partial charge in [0.1, 0.15) is 16.5 Å². The van der Waals surface area contributed by atoms with Crippen molar-refractivity contribution >= 4 is 20.8 Å². The lowest BCUT2D eigenvalue weighted by Gasteiger charge is -2.04. The maximum Gasteiger partial charge on any atom is 0.264 e. The predicted molar refractivity (Wildman–Crippen MR) is 105 cm³/mol. The Morgan fingerprint density at radius 2 is 1.62 bits per heavy atom. The summed E-state index contributed by atoms with van der Waals surface area (Å²) in [5.41, 5.74) is 3.55. The molecular weight excluding hydrogens is 348 g/mol. The maximum absolute atomic E-state index is 12.6. The van der Waals surface area contributed by atoms with E-state index in [-0.39, 0.29) is 4.91 Å². The van der Waals surface area contributed by atoms with Gasteiger partial charge in [-0.2, -0.15) is 0 Å². The molecular formula is C20H22N2O3S. The van der Waals surface area contributed by atoms with Crippen molar-refractivity contribution in [1.82, 2.24) is 4.72 Å². The van der Waals surface area contributed by atoms with E-state index in [2.05, 4.69) is 28.8 Å². The van der Waals surface area contributed by atoms with Crippen LogP contribution in [0.4, 0.5) is 0 Å². The molecule has 136 valence electrons. The van der Waals surface area contributed by atoms with Crippen LogP contribution in [0.1, 0.15) is 30.5 Å². The molecule has 0 fully saturated rings. The Morgan fingerprint density at radius 1 is 1.00 bits per heavy atom. The molecule has 5 nitrogen and oxygen atoms in total. The summed E-state index contributed by atoms with van der Waals surface area (Å²) in [5.74, 6) is 1.08. The van der Waals surface area contributed by atoms with Crippen LogP contribution in [0.15, 0.2) is 59.1 Å². The zero-order chi connectivity index (χ0) is 18.7. The smallest absolute Gasteiger partial charge is 0.264 e. The van der Waals surface area contributed by atoms with Crippen LogP contribution in [-0.2, 0) is 23.0 Å². The minimum Gasteiger partial charge on any atom is -0.497 e. The quantitative estimate of drug-likeness (QED) is 0.876. The lowest BCUT2D eigenvalue weighted by atomic mass is 10.1. The van der Waals surface area contributed by atoms with Gasteiger partial charge in [-0.05, 0) is 54.3 Å². The van der Waals surface area contributed by atoms with Crippen molar-refractivity contribution in [1.29, 1.82) is 0 Å². The van der Waals surface area contributed by atoms with Crippen molar-refractivity contribution in [2.75, 3.05) is 7.11 Å². The summed E-state index contributed by atoms with van der Waals surface area (Å²) in [6.07, 6.45) is 0.988. The zero-order valence-electron chi connectivity index (χ0n) is 15.1. The van der Waals surface area contributed by atoms with E-state index < -0.39 is 10.0 Å². The van der Waals surface area contributed by atoms with Crippen LogP contribution in [0.25, 0.3) is 4.91 Å². The van der Waals surface area contributed by atoms with Crippen LogP contribution in [-0.4, -0.2) is 21.4 Å². The third-order valence-electron chi connectivity index (χ3n) is 4.40. The molecule has 0 spiro atoms. The second-order valence-electron chi connectivity index (χ2n) is 6.12. The molecule has 0 unspecified atom stereocenters. The van der Waals surface area contributed by atoms with Crippen LogP contribution < -0.4 is 9.46 Å². The van der Waals surface area contributed by atoms with E-state index >= 15 is 0 Å². The Labute approximate surface area is 154 Å². The van der Waals surface area contributed by atoms with E-state index in [1.807, 2.05) is 12.1 Å². The molecule has 2 aromatic carbocycles. The number of benzene rings is 2. The van der Waals surface area contributed by atoms with Crippen molar-refractivity contribution in [3.05, 3.63) is 70.8 Å². The van der Waals surface area contributed by atoms with Crippen molar-refractivity contribution in [2.24, 2.45) is 4.99 Å². The van der Waals surface area contributed by atoms with Crippen molar-refractivity contribution in [3.63, 3.8) is 0 Å². The van der Waals surface area contributed by atoms with Gasteiger partial charge in [0.25, 0.3) is 10.0 Å². The standard InChI is InChI=1S/C20H22N2O3S/c1-4-15-5-7-16(8-6-15)13-21-20-14(2)19(26(23,24)22-20)17-9-11-18(25-3)12-10-17/h5-12H,4,13H2,1-3H3,(H,21,22). The normalized spacial score (nSPS) is 17.4. The van der Waals surface area contributed by atoms with E-state index in [1.54, 1.807) is 38.3 Å². The van der Waals surface area contributed by atoms with E-state index in [1.165, 1.54) is 5.56 Å². The number of sulfonamides is 1. The van der Waals surface area contributed by atoms with E-state index in [9.17, 15) is 8.42 Å². The molecule has 2 aromatic rings. The highest BCUT2D eigenvalue weighted by atomic mass is 32.2. The lowest BCUT2D eigenvalue weighted by molar-refractivity contribution is 0.415. The monoisotopic (exact) mass is 370 g/mol. The third-order valence-corrected chi connectivity index (χ3v) is 5.94. The molecule has 3 rings (SSSR count). The summed E-state index contributed by atoms with van der Waals surface area (Å²) < 4.78 is 32.8. The number of methoxy groups -OCH3 is 1. The highest BCUT2D eigenvalue weighted by Gasteiger charge is 2.32. The number of ether oxygens (including phenoxy) is 1. The molecule has 0 saturated heterocycles. The number of nitrogens with one attached hydrogen (secondary N) is 1. The summed E-state index contributed by atoms with van der Waals surface area (Å²) in [7, 11) is -2.04. The molecule has 0 atom stereocenters. The molecule has 0 bridgehead atoms. The largest absolute Gasteiger partial charge is 0.497 e. The number of hydrogen-bond acceptors (Lipinski definition) is 4. The first-order valence-corrected chi connectivity index (χ1v) is 9.93. The molecule has 26 heavy (non-hydrogen) atoms. The second kappa shape index (κ2) is 7.33. The molecule has 1 heterocycles. The Bertz CT molecular complexity index is 957. The molecule has 1 aliphatic heterocycles. The van der Waals surface area contributed by atoms with Gasteiger partial charge in [0.2, 0.25) is 0 Å². The Balaban J connectivity index is 1.89. The average Bonchev–Trinajstić information content (AvgIpc) is 2.89. The number of rotatable bonds is 5. The minimum atomic E-state index is -3.62. The summed E-state index contributed by atoms with van der Waals surface area (Å²) >= 11 is 0. The van der Waals surface area contributed by atoms with Crippen molar-refractivity contribution in [2.45, 2.75) is 26.8 Å². The molecule has 6 heteroatoms. The summed E-state index contributed by atoms with van der Waals surface area (Å²) in [4.78, 5) is 4.74. The molecule has 1 aliphatic rings. The van der Waals surface area contributed by atoms with Gasteiger partial charge in [-0.1, -0.05) is 31.2 Å². The fourth-order valence-corrected chi connectivity index (χ4v) is 4.40. The Kier molecular flexibility index (Phi) is 5.13. The van der Waals surface area contributed by atoms with Crippen LogP contribution in [0.2, 0.25) is 0 Å². The molecule has 0 saturated carbocycles. The number of aliphatic imine (C=N–C) groups is 1. The average molecular weight is 370 g/mol. The SMILES string of the molecule is CCc1ccc(CN=C2NS(=O)(=O)C(c3ccc(OC)cc3)=C2C)cc1. The first-order chi connectivity index (χ1) is 12.4. The first-order valence-electron chi connectivity index (χ1n) is 8.45. The number of amidine groups is 1. The van der Waals surface area contributed by atoms with Crippen LogP contribution in [0.3, 0.4) is 0 Å². The molecule has 1 N–H and O–H groups in total. The van der Waals surface area contributed by atoms with E-state index in [0.717, 1.165) is 12.0 Å². The van der Waals surface area contributed by atoms with E-state index in [0.29, 0.717) is 29.3 Å². The van der Waals surface area contributed by atoms with Crippen molar-refractivity contribution < 1.29 is 13.2 Å². The van der Waals surface area contributed by atoms with Crippen LogP contribution in [0.5, 0.6) is 5.75 Å². The van der Waals surface area contributed by atoms with Gasteiger partial charge in [0.05, 0.1) is 13.7 Å². The molecule has 0 aromatic heterocycles. The summed E-state index contributed by atoms with van der Waals surface area (Å²) in [6, 6.07) is 15.2. The second-order valence-corrected chi connectivity index (χ2v) is 7.74. The highest BCUT2D eigenvalue weighted by molar-refractivity contribution is 8.00. The Hall–Kier alpha value is -2.60. The third kappa shape index (κ3) is 3.65. The van der Waals surface area contributed by atoms with Gasteiger partial charge < -0.3 is 4.74 Å². The fourth-order valence-electron chi connectivity index (χ4n) is 2.88. The molecule has 0 aliphatic carbocycles. The minimum absolute atomic E-state index is 0.264.